The first-order chi connectivity index (χ1) is 5.18. The average molecular weight is 172 g/mol. The molecule has 62 valence electrons. The van der Waals surface area contributed by atoms with Crippen LogP contribution in [0.1, 0.15) is 25.7 Å². The van der Waals surface area contributed by atoms with E-state index in [0.717, 1.165) is 19.3 Å². The minimum Gasteiger partial charge on any atom is -0.379 e. The summed E-state index contributed by atoms with van der Waals surface area (Å²) in [7, 11) is 0. The van der Waals surface area contributed by atoms with Crippen LogP contribution in [0.25, 0.3) is 0 Å². The van der Waals surface area contributed by atoms with Crippen LogP contribution >= 0.6 is 11.8 Å². The van der Waals surface area contributed by atoms with Gasteiger partial charge in [-0.1, -0.05) is 11.8 Å². The lowest BCUT2D eigenvalue weighted by atomic mass is 9.99. The third kappa shape index (κ3) is 2.93. The van der Waals surface area contributed by atoms with Gasteiger partial charge in [-0.25, -0.2) is 0 Å². The normalized spacial score (nSPS) is 25.1. The predicted molar refractivity (Wildman–Crippen MR) is 46.8 cm³/mol. The number of Topliss-reactive ketones (excluding diaryl/α,β-unsaturated/α-hetero) is 1. The average Bonchev–Trinajstić information content (AvgIpc) is 1.85. The number of carbonyl (C=O) groups excluding carboxylic acids is 1. The Kier molecular flexibility index (Phi) is 2.93. The summed E-state index contributed by atoms with van der Waals surface area (Å²) in [6, 6.07) is 0. The molecule has 1 aliphatic carbocycles. The largest absolute Gasteiger partial charge is 0.379 e. The van der Waals surface area contributed by atoms with Gasteiger partial charge in [-0.05, 0) is 12.8 Å². The number of hydrogen-bond acceptors (Lipinski definition) is 3. The first kappa shape index (κ1) is 8.59. The van der Waals surface area contributed by atoms with Gasteiger partial charge >= 0.3 is 0 Å². The molecule has 1 aliphatic rings. The van der Waals surface area contributed by atoms with E-state index in [1.165, 1.54) is 11.8 Å². The van der Waals surface area contributed by atoms with Crippen molar-refractivity contribution in [2.24, 2.45) is 5.73 Å². The molecule has 3 N–H and O–H groups in total. The molecule has 3 nitrogen and oxygen atoms in total. The van der Waals surface area contributed by atoms with Crippen molar-refractivity contribution in [2.75, 3.05) is 0 Å². The van der Waals surface area contributed by atoms with E-state index in [1.54, 1.807) is 0 Å². The standard InChI is InChI=1S/C7H12N2OS/c8-7(9)11-6-3-1-2-5(10)4-6/h6H,1-4H2,(H3,8,9). The third-order valence-corrected chi connectivity index (χ3v) is 2.72. The molecule has 0 heterocycles. The van der Waals surface area contributed by atoms with Crippen molar-refractivity contribution < 1.29 is 4.79 Å². The zero-order valence-corrected chi connectivity index (χ0v) is 7.12. The van der Waals surface area contributed by atoms with Gasteiger partial charge in [0.05, 0.1) is 0 Å². The molecule has 0 aromatic rings. The van der Waals surface area contributed by atoms with Crippen molar-refractivity contribution in [3.63, 3.8) is 0 Å². The van der Waals surface area contributed by atoms with Gasteiger partial charge in [0.25, 0.3) is 0 Å². The van der Waals surface area contributed by atoms with Crippen molar-refractivity contribution in [2.45, 2.75) is 30.9 Å². The molecule has 4 heteroatoms. The van der Waals surface area contributed by atoms with Crippen LogP contribution in [0.3, 0.4) is 0 Å². The van der Waals surface area contributed by atoms with Gasteiger partial charge in [0.1, 0.15) is 5.78 Å². The van der Waals surface area contributed by atoms with Crippen LogP contribution in [0.4, 0.5) is 0 Å². The van der Waals surface area contributed by atoms with Crippen molar-refractivity contribution >= 4 is 22.7 Å². The van der Waals surface area contributed by atoms with E-state index in [0.29, 0.717) is 12.2 Å². The molecular formula is C7H12N2OS. The van der Waals surface area contributed by atoms with E-state index in [2.05, 4.69) is 0 Å². The Morgan fingerprint density at radius 1 is 1.73 bits per heavy atom. The smallest absolute Gasteiger partial charge is 0.151 e. The summed E-state index contributed by atoms with van der Waals surface area (Å²) in [5, 5.41) is 7.43. The van der Waals surface area contributed by atoms with Crippen LogP contribution in [0.5, 0.6) is 0 Å². The van der Waals surface area contributed by atoms with Gasteiger partial charge in [0.2, 0.25) is 0 Å². The van der Waals surface area contributed by atoms with Crippen molar-refractivity contribution in [3.05, 3.63) is 0 Å². The summed E-state index contributed by atoms with van der Waals surface area (Å²) in [5.41, 5.74) is 5.20. The number of nitrogens with one attached hydrogen (secondary N) is 1. The van der Waals surface area contributed by atoms with Crippen LogP contribution < -0.4 is 5.73 Å². The molecule has 0 bridgehead atoms. The molecule has 1 atom stereocenters. The monoisotopic (exact) mass is 172 g/mol. The maximum Gasteiger partial charge on any atom is 0.151 e. The summed E-state index contributed by atoms with van der Waals surface area (Å²) in [5.74, 6) is 0.315. The zero-order chi connectivity index (χ0) is 8.27. The fraction of sp³-hybridized carbons (Fsp3) is 0.714. The molecule has 1 fully saturated rings. The molecule has 1 saturated carbocycles. The molecule has 1 unspecified atom stereocenters. The summed E-state index contributed by atoms with van der Waals surface area (Å²) in [6.45, 7) is 0. The molecule has 0 radical (unpaired) electrons. The van der Waals surface area contributed by atoms with Gasteiger partial charge in [0.15, 0.2) is 5.17 Å². The van der Waals surface area contributed by atoms with Crippen LogP contribution in [-0.4, -0.2) is 16.2 Å². The Bertz CT molecular complexity index is 179. The SMILES string of the molecule is N=C(N)SC1CCCC(=O)C1. The number of ketones is 1. The highest BCUT2D eigenvalue weighted by molar-refractivity contribution is 8.14. The molecule has 11 heavy (non-hydrogen) atoms. The lowest BCUT2D eigenvalue weighted by Crippen LogP contribution is -2.20. The maximum absolute atomic E-state index is 10.9. The van der Waals surface area contributed by atoms with E-state index in [4.69, 9.17) is 11.1 Å². The number of carbonyl (C=O) groups is 1. The first-order valence-electron chi connectivity index (χ1n) is 3.71. The number of hydrogen-bond donors (Lipinski definition) is 2. The molecule has 0 aliphatic heterocycles. The molecule has 0 aromatic carbocycles. The Hall–Kier alpha value is -0.510. The summed E-state index contributed by atoms with van der Waals surface area (Å²) in [6.07, 6.45) is 3.30. The van der Waals surface area contributed by atoms with Crippen molar-refractivity contribution in [1.82, 2.24) is 0 Å². The fourth-order valence-electron chi connectivity index (χ4n) is 1.27. The number of nitrogens with two attached hydrogens (primary N) is 1. The second kappa shape index (κ2) is 3.76. The minimum atomic E-state index is 0.129. The molecular weight excluding hydrogens is 160 g/mol. The van der Waals surface area contributed by atoms with Crippen LogP contribution in [-0.2, 0) is 4.79 Å². The van der Waals surface area contributed by atoms with Gasteiger partial charge in [-0.15, -0.1) is 0 Å². The van der Waals surface area contributed by atoms with Gasteiger partial charge in [-0.2, -0.15) is 0 Å². The quantitative estimate of drug-likeness (QED) is 0.460. The molecule has 0 amide bonds. The highest BCUT2D eigenvalue weighted by Gasteiger charge is 2.20. The zero-order valence-electron chi connectivity index (χ0n) is 6.30. The van der Waals surface area contributed by atoms with Gasteiger partial charge < -0.3 is 5.73 Å². The van der Waals surface area contributed by atoms with E-state index in [-0.39, 0.29) is 10.4 Å². The summed E-state index contributed by atoms with van der Waals surface area (Å²) >= 11 is 1.32. The Morgan fingerprint density at radius 2 is 2.45 bits per heavy atom. The Morgan fingerprint density at radius 3 is 3.00 bits per heavy atom. The molecule has 1 rings (SSSR count). The molecule has 0 saturated heterocycles. The highest BCUT2D eigenvalue weighted by atomic mass is 32.2. The fourth-order valence-corrected chi connectivity index (χ4v) is 2.18. The lowest BCUT2D eigenvalue weighted by Gasteiger charge is -2.18. The van der Waals surface area contributed by atoms with Crippen molar-refractivity contribution in [1.29, 1.82) is 5.41 Å². The maximum atomic E-state index is 10.9. The summed E-state index contributed by atoms with van der Waals surface area (Å²) in [4.78, 5) is 10.9. The first-order valence-corrected chi connectivity index (χ1v) is 4.59. The van der Waals surface area contributed by atoms with E-state index in [1.807, 2.05) is 0 Å². The lowest BCUT2D eigenvalue weighted by molar-refractivity contribution is -0.120. The predicted octanol–water partition coefficient (Wildman–Crippen LogP) is 1.12. The Labute approximate surface area is 70.2 Å². The second-order valence-corrected chi connectivity index (χ2v) is 4.08. The van der Waals surface area contributed by atoms with E-state index in [9.17, 15) is 4.79 Å². The van der Waals surface area contributed by atoms with Gasteiger partial charge in [-0.3, -0.25) is 10.2 Å². The van der Waals surface area contributed by atoms with E-state index < -0.39 is 0 Å². The number of rotatable bonds is 1. The number of amidine groups is 1. The topological polar surface area (TPSA) is 66.9 Å². The summed E-state index contributed by atoms with van der Waals surface area (Å²) < 4.78 is 0. The molecule has 0 spiro atoms. The van der Waals surface area contributed by atoms with Crippen molar-refractivity contribution in [3.8, 4) is 0 Å². The van der Waals surface area contributed by atoms with Crippen LogP contribution in [0.15, 0.2) is 0 Å². The third-order valence-electron chi connectivity index (χ3n) is 1.73. The van der Waals surface area contributed by atoms with Crippen LogP contribution in [0.2, 0.25) is 0 Å². The van der Waals surface area contributed by atoms with E-state index >= 15 is 0 Å². The van der Waals surface area contributed by atoms with Crippen LogP contribution in [0, 0.1) is 5.41 Å². The number of thioether (sulfide) groups is 1. The molecule has 0 aromatic heterocycles. The van der Waals surface area contributed by atoms with Gasteiger partial charge in [0, 0.05) is 18.1 Å². The highest BCUT2D eigenvalue weighted by Crippen LogP contribution is 2.25. The minimum absolute atomic E-state index is 0.129. The second-order valence-electron chi connectivity index (χ2n) is 2.74. The Balaban J connectivity index is 2.34.